The minimum Gasteiger partial charge on any atom is -0.494 e. The Kier molecular flexibility index (Phi) is 9.41. The third-order valence-electron chi connectivity index (χ3n) is 5.34. The first-order valence-corrected chi connectivity index (χ1v) is 12.5. The van der Waals surface area contributed by atoms with Gasteiger partial charge >= 0.3 is 5.97 Å². The third kappa shape index (κ3) is 8.15. The molecule has 0 radical (unpaired) electrons. The topological polar surface area (TPSA) is 57.5 Å². The van der Waals surface area contributed by atoms with E-state index >= 15 is 0 Å². The molecule has 0 spiro atoms. The fourth-order valence-corrected chi connectivity index (χ4v) is 4.19. The number of carbonyl (C=O) groups is 1. The van der Waals surface area contributed by atoms with Crippen LogP contribution >= 0.6 is 23.2 Å². The maximum Gasteiger partial charge on any atom is 0.338 e. The highest BCUT2D eigenvalue weighted by Crippen LogP contribution is 2.21. The highest BCUT2D eigenvalue weighted by Gasteiger charge is 2.18. The van der Waals surface area contributed by atoms with Crippen molar-refractivity contribution < 1.29 is 14.3 Å². The van der Waals surface area contributed by atoms with Crippen molar-refractivity contribution in [2.24, 2.45) is 0 Å². The molecule has 0 aliphatic carbocycles. The molecule has 3 aromatic rings. The van der Waals surface area contributed by atoms with Crippen molar-refractivity contribution in [2.75, 3.05) is 6.61 Å². The number of ether oxygens (including phenoxy) is 2. The first-order chi connectivity index (χ1) is 16.6. The van der Waals surface area contributed by atoms with Gasteiger partial charge in [-0.1, -0.05) is 53.5 Å². The minimum absolute atomic E-state index is 0.103. The van der Waals surface area contributed by atoms with Crippen LogP contribution in [0, 0.1) is 0 Å². The van der Waals surface area contributed by atoms with Crippen LogP contribution in [0.5, 0.6) is 5.75 Å². The Morgan fingerprint density at radius 1 is 0.914 bits per heavy atom. The fraction of sp³-hybridized carbons (Fsp3) is 0.357. The van der Waals surface area contributed by atoms with Crippen LogP contribution in [0.15, 0.2) is 65.5 Å². The molecule has 1 heterocycles. The van der Waals surface area contributed by atoms with E-state index in [1.165, 1.54) is 6.07 Å². The van der Waals surface area contributed by atoms with Crippen molar-refractivity contribution in [3.05, 3.63) is 97.9 Å². The number of carbonyl (C=O) groups excluding carboxylic acids is 1. The van der Waals surface area contributed by atoms with E-state index in [1.807, 2.05) is 63.2 Å². The number of para-hydroxylation sites is 1. The van der Waals surface area contributed by atoms with E-state index in [2.05, 4.69) is 0 Å². The quantitative estimate of drug-likeness (QED) is 0.221. The van der Waals surface area contributed by atoms with Gasteiger partial charge < -0.3 is 14.0 Å². The largest absolute Gasteiger partial charge is 0.494 e. The van der Waals surface area contributed by atoms with Crippen molar-refractivity contribution in [3.8, 4) is 5.75 Å². The van der Waals surface area contributed by atoms with E-state index in [-0.39, 0.29) is 16.6 Å². The molecule has 0 fully saturated rings. The summed E-state index contributed by atoms with van der Waals surface area (Å²) in [6, 6.07) is 18.4. The highest BCUT2D eigenvalue weighted by atomic mass is 35.5. The Balaban J connectivity index is 1.62. The van der Waals surface area contributed by atoms with Crippen LogP contribution in [0.1, 0.15) is 55.2 Å². The molecule has 35 heavy (non-hydrogen) atoms. The number of hydrogen-bond acceptors (Lipinski definition) is 4. The predicted molar refractivity (Wildman–Crippen MR) is 141 cm³/mol. The first kappa shape index (κ1) is 26.8. The number of aromatic nitrogens is 1. The molecule has 186 valence electrons. The van der Waals surface area contributed by atoms with Gasteiger partial charge in [-0.05, 0) is 82.3 Å². The molecule has 0 aliphatic heterocycles. The van der Waals surface area contributed by atoms with Crippen LogP contribution in [0.3, 0.4) is 0 Å². The monoisotopic (exact) mass is 515 g/mol. The molecular weight excluding hydrogens is 485 g/mol. The van der Waals surface area contributed by atoms with Gasteiger partial charge in [0.2, 0.25) is 0 Å². The van der Waals surface area contributed by atoms with Gasteiger partial charge in [0.25, 0.3) is 5.56 Å². The molecule has 0 aliphatic rings. The Morgan fingerprint density at radius 3 is 2.26 bits per heavy atom. The standard InChI is InChI=1S/C28H31Cl2NO4/c1-28(2,3)35-27(33)21-14-12-20(13-15-21)16-17-31-25(23(29)19-24(30)26(31)32)11-7-8-18-34-22-9-5-4-6-10-22/h4-6,9-10,12-15,19H,7-8,11,16-18H2,1-3H3. The zero-order chi connectivity index (χ0) is 25.4. The van der Waals surface area contributed by atoms with Crippen molar-refractivity contribution >= 4 is 29.2 Å². The molecule has 0 unspecified atom stereocenters. The summed E-state index contributed by atoms with van der Waals surface area (Å²) in [7, 11) is 0. The van der Waals surface area contributed by atoms with Crippen molar-refractivity contribution in [3.63, 3.8) is 0 Å². The smallest absolute Gasteiger partial charge is 0.338 e. The summed E-state index contributed by atoms with van der Waals surface area (Å²) in [5, 5.41) is 0.588. The Morgan fingerprint density at radius 2 is 1.60 bits per heavy atom. The Hall–Kier alpha value is -2.76. The second-order valence-electron chi connectivity index (χ2n) is 9.31. The second kappa shape index (κ2) is 12.3. The van der Waals surface area contributed by atoms with E-state index in [9.17, 15) is 9.59 Å². The maximum absolute atomic E-state index is 12.8. The lowest BCUT2D eigenvalue weighted by Gasteiger charge is -2.19. The van der Waals surface area contributed by atoms with Gasteiger partial charge in [-0.2, -0.15) is 0 Å². The number of nitrogens with zero attached hydrogens (tertiary/aromatic N) is 1. The number of unbranched alkanes of at least 4 members (excludes halogenated alkanes) is 1. The number of benzene rings is 2. The maximum atomic E-state index is 12.8. The molecule has 0 N–H and O–H groups in total. The van der Waals surface area contributed by atoms with Crippen LogP contribution in [-0.4, -0.2) is 22.7 Å². The molecule has 0 saturated carbocycles. The first-order valence-electron chi connectivity index (χ1n) is 11.7. The van der Waals surface area contributed by atoms with Crippen LogP contribution < -0.4 is 10.3 Å². The lowest BCUT2D eigenvalue weighted by Crippen LogP contribution is -2.25. The van der Waals surface area contributed by atoms with E-state index in [0.717, 1.165) is 29.8 Å². The van der Waals surface area contributed by atoms with E-state index in [4.69, 9.17) is 32.7 Å². The number of rotatable bonds is 10. The number of halogens is 2. The molecule has 0 atom stereocenters. The van der Waals surface area contributed by atoms with Gasteiger partial charge in [-0.25, -0.2) is 4.79 Å². The Bertz CT molecular complexity index is 1180. The lowest BCUT2D eigenvalue weighted by molar-refractivity contribution is 0.00695. The van der Waals surface area contributed by atoms with Crippen LogP contribution in [0.4, 0.5) is 0 Å². The summed E-state index contributed by atoms with van der Waals surface area (Å²) in [6.45, 7) is 6.52. The average molecular weight is 516 g/mol. The SMILES string of the molecule is CC(C)(C)OC(=O)c1ccc(CCn2c(CCCCOc3ccccc3)c(Cl)cc(Cl)c2=O)cc1. The van der Waals surface area contributed by atoms with E-state index in [1.54, 1.807) is 16.7 Å². The number of pyridine rings is 1. The zero-order valence-corrected chi connectivity index (χ0v) is 21.9. The van der Waals surface area contributed by atoms with Gasteiger partial charge in [0, 0.05) is 12.2 Å². The molecule has 5 nitrogen and oxygen atoms in total. The molecule has 0 bridgehead atoms. The number of aryl methyl sites for hydroxylation is 1. The van der Waals surface area contributed by atoms with Gasteiger partial charge in [0.15, 0.2) is 0 Å². The average Bonchev–Trinajstić information content (AvgIpc) is 2.81. The minimum atomic E-state index is -0.549. The zero-order valence-electron chi connectivity index (χ0n) is 20.4. The number of hydrogen-bond donors (Lipinski definition) is 0. The van der Waals surface area contributed by atoms with Crippen molar-refractivity contribution in [1.82, 2.24) is 4.57 Å². The normalized spacial score (nSPS) is 11.3. The molecule has 7 heteroatoms. The highest BCUT2D eigenvalue weighted by molar-refractivity contribution is 6.34. The fourth-order valence-electron chi connectivity index (χ4n) is 3.61. The van der Waals surface area contributed by atoms with Gasteiger partial charge in [0.1, 0.15) is 16.4 Å². The lowest BCUT2D eigenvalue weighted by atomic mass is 10.1. The second-order valence-corrected chi connectivity index (χ2v) is 10.1. The van der Waals surface area contributed by atoms with E-state index < -0.39 is 5.60 Å². The molecule has 0 saturated heterocycles. The Labute approximate surface area is 216 Å². The summed E-state index contributed by atoms with van der Waals surface area (Å²) in [5.41, 5.74) is 1.45. The molecule has 3 rings (SSSR count). The van der Waals surface area contributed by atoms with Crippen molar-refractivity contribution in [2.45, 2.75) is 58.6 Å². The molecule has 1 aromatic heterocycles. The summed E-state index contributed by atoms with van der Waals surface area (Å²) >= 11 is 12.6. The summed E-state index contributed by atoms with van der Waals surface area (Å²) in [4.78, 5) is 25.0. The number of esters is 1. The van der Waals surface area contributed by atoms with Crippen LogP contribution in [0.25, 0.3) is 0 Å². The molecule has 2 aromatic carbocycles. The summed E-state index contributed by atoms with van der Waals surface area (Å²) in [5.74, 6) is 0.479. The van der Waals surface area contributed by atoms with Crippen molar-refractivity contribution in [1.29, 1.82) is 0 Å². The summed E-state index contributed by atoms with van der Waals surface area (Å²) in [6.07, 6.45) is 2.88. The molecular formula is C28H31Cl2NO4. The van der Waals surface area contributed by atoms with Crippen LogP contribution in [-0.2, 0) is 24.1 Å². The van der Waals surface area contributed by atoms with E-state index in [0.29, 0.717) is 36.6 Å². The summed E-state index contributed by atoms with van der Waals surface area (Å²) < 4.78 is 12.8. The molecule has 0 amide bonds. The van der Waals surface area contributed by atoms with Gasteiger partial charge in [-0.15, -0.1) is 0 Å². The van der Waals surface area contributed by atoms with Crippen LogP contribution in [0.2, 0.25) is 10.0 Å². The predicted octanol–water partition coefficient (Wildman–Crippen LogP) is 6.75. The third-order valence-corrected chi connectivity index (χ3v) is 5.93. The van der Waals surface area contributed by atoms with Gasteiger partial charge in [-0.3, -0.25) is 4.79 Å². The van der Waals surface area contributed by atoms with Gasteiger partial charge in [0.05, 0.1) is 17.2 Å².